The first-order valence-electron chi connectivity index (χ1n) is 7.95. The third kappa shape index (κ3) is 4.14. The van der Waals surface area contributed by atoms with E-state index in [4.69, 9.17) is 0 Å². The molecule has 2 amide bonds. The van der Waals surface area contributed by atoms with Crippen LogP contribution >= 0.6 is 0 Å². The predicted octanol–water partition coefficient (Wildman–Crippen LogP) is 3.55. The van der Waals surface area contributed by atoms with Crippen LogP contribution < -0.4 is 10.6 Å². The summed E-state index contributed by atoms with van der Waals surface area (Å²) in [6.07, 6.45) is 1.88. The Kier molecular flexibility index (Phi) is 4.82. The summed E-state index contributed by atoms with van der Waals surface area (Å²) in [4.78, 5) is 17.3. The summed E-state index contributed by atoms with van der Waals surface area (Å²) in [5.74, 6) is 0. The van der Waals surface area contributed by atoms with Gasteiger partial charge in [0.05, 0.1) is 0 Å². The minimum atomic E-state index is -0.209. The van der Waals surface area contributed by atoms with Gasteiger partial charge in [0, 0.05) is 30.5 Å². The Morgan fingerprint density at radius 2 is 1.92 bits per heavy atom. The van der Waals surface area contributed by atoms with Crippen LogP contribution in [0.3, 0.4) is 0 Å². The SMILES string of the molecule is CN(C)Cc1cccc(CNC(=O)Nc2ccc3cc[nH]c3c2)c1. The number of nitrogens with zero attached hydrogens (tertiary/aromatic N) is 1. The van der Waals surface area contributed by atoms with Crippen LogP contribution in [0.2, 0.25) is 0 Å². The van der Waals surface area contributed by atoms with Gasteiger partial charge in [0.2, 0.25) is 0 Å². The van der Waals surface area contributed by atoms with Crippen LogP contribution in [0.4, 0.5) is 10.5 Å². The molecule has 1 heterocycles. The monoisotopic (exact) mass is 322 g/mol. The molecule has 0 spiro atoms. The molecule has 3 N–H and O–H groups in total. The lowest BCUT2D eigenvalue weighted by molar-refractivity contribution is 0.251. The van der Waals surface area contributed by atoms with Gasteiger partial charge in [0.1, 0.15) is 0 Å². The van der Waals surface area contributed by atoms with Crippen LogP contribution in [0.5, 0.6) is 0 Å². The first-order chi connectivity index (χ1) is 11.6. The minimum absolute atomic E-state index is 0.209. The predicted molar refractivity (Wildman–Crippen MR) is 98.0 cm³/mol. The number of amides is 2. The van der Waals surface area contributed by atoms with Gasteiger partial charge >= 0.3 is 6.03 Å². The molecule has 0 saturated heterocycles. The number of H-pyrrole nitrogens is 1. The summed E-state index contributed by atoms with van der Waals surface area (Å²) in [6.45, 7) is 1.38. The number of nitrogens with one attached hydrogen (secondary N) is 3. The molecule has 0 unspecified atom stereocenters. The van der Waals surface area contributed by atoms with E-state index in [0.29, 0.717) is 6.54 Å². The van der Waals surface area contributed by atoms with Gasteiger partial charge in [0.15, 0.2) is 0 Å². The Morgan fingerprint density at radius 1 is 1.08 bits per heavy atom. The molecule has 3 aromatic rings. The second-order valence-corrected chi connectivity index (χ2v) is 6.15. The Labute approximate surface area is 141 Å². The fraction of sp³-hybridized carbons (Fsp3) is 0.211. The molecule has 0 bridgehead atoms. The van der Waals surface area contributed by atoms with E-state index < -0.39 is 0 Å². The highest BCUT2D eigenvalue weighted by atomic mass is 16.2. The fourth-order valence-corrected chi connectivity index (χ4v) is 2.69. The molecular weight excluding hydrogens is 300 g/mol. The molecule has 0 aliphatic rings. The second-order valence-electron chi connectivity index (χ2n) is 6.15. The number of aromatic amines is 1. The van der Waals surface area contributed by atoms with Crippen LogP contribution in [-0.2, 0) is 13.1 Å². The molecule has 124 valence electrons. The van der Waals surface area contributed by atoms with E-state index in [1.165, 1.54) is 5.56 Å². The third-order valence-corrected chi connectivity index (χ3v) is 3.76. The highest BCUT2D eigenvalue weighted by Crippen LogP contribution is 2.17. The summed E-state index contributed by atoms with van der Waals surface area (Å²) < 4.78 is 0. The summed E-state index contributed by atoms with van der Waals surface area (Å²) in [6, 6.07) is 15.8. The molecule has 0 saturated carbocycles. The molecule has 0 radical (unpaired) electrons. The van der Waals surface area contributed by atoms with Crippen molar-refractivity contribution >= 4 is 22.6 Å². The van der Waals surface area contributed by atoms with Crippen molar-refractivity contribution in [1.82, 2.24) is 15.2 Å². The van der Waals surface area contributed by atoms with Crippen molar-refractivity contribution in [2.24, 2.45) is 0 Å². The second kappa shape index (κ2) is 7.19. The molecule has 2 aromatic carbocycles. The Balaban J connectivity index is 1.57. The number of anilines is 1. The standard InChI is InChI=1S/C19H22N4O/c1-23(2)13-15-5-3-4-14(10-15)12-21-19(24)22-17-7-6-16-8-9-20-18(16)11-17/h3-11,20H,12-13H2,1-2H3,(H2,21,22,24). The van der Waals surface area contributed by atoms with Crippen LogP contribution in [0, 0.1) is 0 Å². The highest BCUT2D eigenvalue weighted by Gasteiger charge is 2.04. The zero-order valence-corrected chi connectivity index (χ0v) is 14.0. The van der Waals surface area contributed by atoms with Crippen LogP contribution in [0.25, 0.3) is 10.9 Å². The number of benzene rings is 2. The van der Waals surface area contributed by atoms with Gasteiger partial charge in [-0.15, -0.1) is 0 Å². The summed E-state index contributed by atoms with van der Waals surface area (Å²) in [5.41, 5.74) is 4.09. The van der Waals surface area contributed by atoms with Gasteiger partial charge in [0.25, 0.3) is 0 Å². The van der Waals surface area contributed by atoms with Crippen LogP contribution in [0.15, 0.2) is 54.7 Å². The number of carbonyl (C=O) groups excluding carboxylic acids is 1. The van der Waals surface area contributed by atoms with E-state index in [9.17, 15) is 4.79 Å². The van der Waals surface area contributed by atoms with Crippen LogP contribution in [-0.4, -0.2) is 30.0 Å². The van der Waals surface area contributed by atoms with E-state index in [0.717, 1.165) is 28.7 Å². The maximum absolute atomic E-state index is 12.1. The van der Waals surface area contributed by atoms with Crippen molar-refractivity contribution < 1.29 is 4.79 Å². The lowest BCUT2D eigenvalue weighted by Crippen LogP contribution is -2.28. The fourth-order valence-electron chi connectivity index (χ4n) is 2.69. The molecule has 5 nitrogen and oxygen atoms in total. The lowest BCUT2D eigenvalue weighted by Gasteiger charge is -2.12. The highest BCUT2D eigenvalue weighted by molar-refractivity contribution is 5.92. The Morgan fingerprint density at radius 3 is 2.75 bits per heavy atom. The number of hydrogen-bond donors (Lipinski definition) is 3. The molecule has 0 aliphatic carbocycles. The zero-order valence-electron chi connectivity index (χ0n) is 14.0. The minimum Gasteiger partial charge on any atom is -0.361 e. The van der Waals surface area contributed by atoms with Crippen molar-refractivity contribution in [3.63, 3.8) is 0 Å². The van der Waals surface area contributed by atoms with Gasteiger partial charge in [-0.3, -0.25) is 0 Å². The number of hydrogen-bond acceptors (Lipinski definition) is 2. The molecule has 0 aliphatic heterocycles. The van der Waals surface area contributed by atoms with E-state index in [-0.39, 0.29) is 6.03 Å². The van der Waals surface area contributed by atoms with E-state index >= 15 is 0 Å². The molecule has 1 aromatic heterocycles. The van der Waals surface area contributed by atoms with Crippen molar-refractivity contribution in [1.29, 1.82) is 0 Å². The quantitative estimate of drug-likeness (QED) is 0.673. The van der Waals surface area contributed by atoms with Crippen molar-refractivity contribution in [2.45, 2.75) is 13.1 Å². The average molecular weight is 322 g/mol. The summed E-state index contributed by atoms with van der Waals surface area (Å²) in [7, 11) is 4.08. The van der Waals surface area contributed by atoms with Crippen molar-refractivity contribution in [3.8, 4) is 0 Å². The number of urea groups is 1. The van der Waals surface area contributed by atoms with Crippen molar-refractivity contribution in [3.05, 3.63) is 65.9 Å². The number of aromatic nitrogens is 1. The average Bonchev–Trinajstić information content (AvgIpc) is 3.00. The lowest BCUT2D eigenvalue weighted by atomic mass is 10.1. The van der Waals surface area contributed by atoms with Gasteiger partial charge in [-0.25, -0.2) is 4.79 Å². The van der Waals surface area contributed by atoms with E-state index in [1.54, 1.807) is 0 Å². The van der Waals surface area contributed by atoms with E-state index in [2.05, 4.69) is 32.7 Å². The van der Waals surface area contributed by atoms with Gasteiger partial charge in [-0.05, 0) is 48.8 Å². The smallest absolute Gasteiger partial charge is 0.319 e. The third-order valence-electron chi connectivity index (χ3n) is 3.76. The Bertz CT molecular complexity index is 838. The van der Waals surface area contributed by atoms with Gasteiger partial charge in [-0.1, -0.05) is 30.3 Å². The number of carbonyl (C=O) groups is 1. The molecule has 3 rings (SSSR count). The number of rotatable bonds is 5. The molecular formula is C19H22N4O. The molecule has 0 atom stereocenters. The molecule has 0 fully saturated rings. The van der Waals surface area contributed by atoms with Gasteiger partial charge in [-0.2, -0.15) is 0 Å². The normalized spacial score (nSPS) is 11.0. The van der Waals surface area contributed by atoms with Gasteiger partial charge < -0.3 is 20.5 Å². The maximum Gasteiger partial charge on any atom is 0.319 e. The maximum atomic E-state index is 12.1. The van der Waals surface area contributed by atoms with Crippen molar-refractivity contribution in [2.75, 3.05) is 19.4 Å². The number of fused-ring (bicyclic) bond motifs is 1. The first kappa shape index (κ1) is 16.1. The molecule has 24 heavy (non-hydrogen) atoms. The van der Waals surface area contributed by atoms with Crippen LogP contribution in [0.1, 0.15) is 11.1 Å². The summed E-state index contributed by atoms with van der Waals surface area (Å²) in [5, 5.41) is 6.88. The summed E-state index contributed by atoms with van der Waals surface area (Å²) >= 11 is 0. The topological polar surface area (TPSA) is 60.2 Å². The van der Waals surface area contributed by atoms with E-state index in [1.807, 2.05) is 56.7 Å². The first-order valence-corrected chi connectivity index (χ1v) is 7.95. The molecule has 5 heteroatoms. The Hall–Kier alpha value is -2.79. The largest absolute Gasteiger partial charge is 0.361 e. The zero-order chi connectivity index (χ0) is 16.9.